The number of nitrogens with one attached hydrogen (secondary N) is 1. The van der Waals surface area contributed by atoms with Gasteiger partial charge in [-0.2, -0.15) is 0 Å². The van der Waals surface area contributed by atoms with E-state index in [1.165, 1.54) is 28.5 Å². The molecule has 1 atom stereocenters. The molecule has 0 aliphatic carbocycles. The first-order valence-electron chi connectivity index (χ1n) is 7.16. The number of benzene rings is 1. The summed E-state index contributed by atoms with van der Waals surface area (Å²) in [6, 6.07) is 8.74. The number of hydrogen-bond donors (Lipinski definition) is 1. The van der Waals surface area contributed by atoms with Crippen LogP contribution in [0.5, 0.6) is 0 Å². The van der Waals surface area contributed by atoms with Crippen molar-refractivity contribution in [2.75, 3.05) is 6.54 Å². The fourth-order valence-corrected chi connectivity index (χ4v) is 3.34. The highest BCUT2D eigenvalue weighted by Gasteiger charge is 2.11. The van der Waals surface area contributed by atoms with Gasteiger partial charge in [-0.25, -0.2) is 0 Å². The molecule has 19 heavy (non-hydrogen) atoms. The molecule has 1 nitrogen and oxygen atoms in total. The second-order valence-electron chi connectivity index (χ2n) is 6.53. The summed E-state index contributed by atoms with van der Waals surface area (Å²) in [5.41, 5.74) is 1.75. The number of rotatable bonds is 5. The maximum absolute atomic E-state index is 3.57. The Labute approximate surface area is 121 Å². The average molecular weight is 275 g/mol. The van der Waals surface area contributed by atoms with E-state index in [0.29, 0.717) is 0 Å². The molecular formula is C17H25NS. The van der Waals surface area contributed by atoms with Crippen molar-refractivity contribution in [1.29, 1.82) is 0 Å². The van der Waals surface area contributed by atoms with Gasteiger partial charge < -0.3 is 5.32 Å². The second kappa shape index (κ2) is 6.06. The Kier molecular flexibility index (Phi) is 4.64. The van der Waals surface area contributed by atoms with E-state index in [4.69, 9.17) is 0 Å². The van der Waals surface area contributed by atoms with Crippen LogP contribution in [-0.4, -0.2) is 12.1 Å². The SMILES string of the molecule is CC(CCNC(C)(C)C)Cc1csc2ccccc12. The van der Waals surface area contributed by atoms with Gasteiger partial charge in [0.15, 0.2) is 0 Å². The summed E-state index contributed by atoms with van der Waals surface area (Å²) >= 11 is 1.87. The van der Waals surface area contributed by atoms with E-state index in [9.17, 15) is 0 Å². The smallest absolute Gasteiger partial charge is 0.0345 e. The zero-order valence-electron chi connectivity index (χ0n) is 12.5. The Bertz CT molecular complexity index is 521. The van der Waals surface area contributed by atoms with Crippen molar-refractivity contribution in [3.05, 3.63) is 35.2 Å². The summed E-state index contributed by atoms with van der Waals surface area (Å²) < 4.78 is 1.41. The number of thiophene rings is 1. The molecule has 2 heteroatoms. The third kappa shape index (κ3) is 4.32. The molecule has 2 aromatic rings. The highest BCUT2D eigenvalue weighted by atomic mass is 32.1. The zero-order chi connectivity index (χ0) is 13.9. The second-order valence-corrected chi connectivity index (χ2v) is 7.44. The van der Waals surface area contributed by atoms with Gasteiger partial charge in [-0.1, -0.05) is 25.1 Å². The van der Waals surface area contributed by atoms with Crippen molar-refractivity contribution >= 4 is 21.4 Å². The lowest BCUT2D eigenvalue weighted by molar-refractivity contribution is 0.394. The van der Waals surface area contributed by atoms with Crippen LogP contribution >= 0.6 is 11.3 Å². The molecule has 0 saturated carbocycles. The van der Waals surface area contributed by atoms with Crippen LogP contribution in [-0.2, 0) is 6.42 Å². The van der Waals surface area contributed by atoms with Crippen LogP contribution in [0, 0.1) is 5.92 Å². The molecule has 1 N–H and O–H groups in total. The molecule has 1 aromatic carbocycles. The summed E-state index contributed by atoms with van der Waals surface area (Å²) in [6.07, 6.45) is 2.43. The van der Waals surface area contributed by atoms with Crippen LogP contribution in [0.2, 0.25) is 0 Å². The molecule has 0 bridgehead atoms. The fraction of sp³-hybridized carbons (Fsp3) is 0.529. The largest absolute Gasteiger partial charge is 0.312 e. The first kappa shape index (κ1) is 14.5. The predicted molar refractivity (Wildman–Crippen MR) is 87.1 cm³/mol. The third-order valence-electron chi connectivity index (χ3n) is 3.42. The van der Waals surface area contributed by atoms with Crippen LogP contribution in [0.4, 0.5) is 0 Å². The van der Waals surface area contributed by atoms with Crippen molar-refractivity contribution in [2.24, 2.45) is 5.92 Å². The molecule has 104 valence electrons. The molecule has 0 saturated heterocycles. The van der Waals surface area contributed by atoms with Gasteiger partial charge in [-0.3, -0.25) is 0 Å². The van der Waals surface area contributed by atoms with E-state index in [0.717, 1.165) is 12.5 Å². The van der Waals surface area contributed by atoms with Crippen molar-refractivity contribution in [3.8, 4) is 0 Å². The molecular weight excluding hydrogens is 250 g/mol. The molecule has 0 radical (unpaired) electrons. The quantitative estimate of drug-likeness (QED) is 0.822. The Morgan fingerprint density at radius 3 is 2.68 bits per heavy atom. The summed E-state index contributed by atoms with van der Waals surface area (Å²) in [4.78, 5) is 0. The minimum absolute atomic E-state index is 0.231. The van der Waals surface area contributed by atoms with Gasteiger partial charge in [0.1, 0.15) is 0 Å². The van der Waals surface area contributed by atoms with Crippen molar-refractivity contribution in [1.82, 2.24) is 5.32 Å². The van der Waals surface area contributed by atoms with E-state index in [1.807, 2.05) is 11.3 Å². The lowest BCUT2D eigenvalue weighted by Crippen LogP contribution is -2.37. The van der Waals surface area contributed by atoms with Crippen LogP contribution in [0.15, 0.2) is 29.6 Å². The summed E-state index contributed by atoms with van der Waals surface area (Å²) in [6.45, 7) is 10.1. The normalized spacial score (nSPS) is 13.9. The molecule has 0 amide bonds. The lowest BCUT2D eigenvalue weighted by Gasteiger charge is -2.22. The van der Waals surface area contributed by atoms with Gasteiger partial charge in [-0.15, -0.1) is 11.3 Å². The molecule has 2 rings (SSSR count). The van der Waals surface area contributed by atoms with Gasteiger partial charge >= 0.3 is 0 Å². The minimum atomic E-state index is 0.231. The topological polar surface area (TPSA) is 12.0 Å². The minimum Gasteiger partial charge on any atom is -0.312 e. The van der Waals surface area contributed by atoms with Crippen molar-refractivity contribution in [3.63, 3.8) is 0 Å². The number of hydrogen-bond acceptors (Lipinski definition) is 2. The van der Waals surface area contributed by atoms with Crippen molar-refractivity contribution in [2.45, 2.75) is 46.1 Å². The van der Waals surface area contributed by atoms with E-state index >= 15 is 0 Å². The van der Waals surface area contributed by atoms with Crippen molar-refractivity contribution < 1.29 is 0 Å². The fourth-order valence-electron chi connectivity index (χ4n) is 2.36. The maximum Gasteiger partial charge on any atom is 0.0345 e. The Hall–Kier alpha value is -0.860. The van der Waals surface area contributed by atoms with Gasteiger partial charge in [0.25, 0.3) is 0 Å². The molecule has 0 fully saturated rings. The van der Waals surface area contributed by atoms with E-state index in [1.54, 1.807) is 0 Å². The third-order valence-corrected chi connectivity index (χ3v) is 4.43. The molecule has 1 unspecified atom stereocenters. The van der Waals surface area contributed by atoms with Crippen LogP contribution < -0.4 is 5.32 Å². The summed E-state index contributed by atoms with van der Waals surface area (Å²) in [5.74, 6) is 0.729. The van der Waals surface area contributed by atoms with E-state index in [-0.39, 0.29) is 5.54 Å². The van der Waals surface area contributed by atoms with E-state index < -0.39 is 0 Å². The molecule has 0 spiro atoms. The predicted octanol–water partition coefficient (Wildman–Crippen LogP) is 4.86. The summed E-state index contributed by atoms with van der Waals surface area (Å²) in [5, 5.41) is 7.35. The van der Waals surface area contributed by atoms with E-state index in [2.05, 4.69) is 62.7 Å². The monoisotopic (exact) mass is 275 g/mol. The lowest BCUT2D eigenvalue weighted by atomic mass is 9.97. The first-order valence-corrected chi connectivity index (χ1v) is 8.04. The molecule has 1 aromatic heterocycles. The standard InChI is InChI=1S/C17H25NS/c1-13(9-10-18-17(2,3)4)11-14-12-19-16-8-6-5-7-15(14)16/h5-8,12-13,18H,9-11H2,1-4H3. The molecule has 0 aliphatic heterocycles. The Balaban J connectivity index is 1.90. The Morgan fingerprint density at radius 1 is 1.21 bits per heavy atom. The highest BCUT2D eigenvalue weighted by molar-refractivity contribution is 7.17. The maximum atomic E-state index is 3.57. The van der Waals surface area contributed by atoms with Crippen LogP contribution in [0.3, 0.4) is 0 Å². The average Bonchev–Trinajstić information content (AvgIpc) is 2.71. The van der Waals surface area contributed by atoms with Crippen LogP contribution in [0.25, 0.3) is 10.1 Å². The number of fused-ring (bicyclic) bond motifs is 1. The first-order chi connectivity index (χ1) is 8.96. The van der Waals surface area contributed by atoms with Crippen LogP contribution in [0.1, 0.15) is 39.7 Å². The Morgan fingerprint density at radius 2 is 1.95 bits per heavy atom. The zero-order valence-corrected chi connectivity index (χ0v) is 13.3. The molecule has 1 heterocycles. The van der Waals surface area contributed by atoms with Gasteiger partial charge in [0, 0.05) is 10.2 Å². The summed E-state index contributed by atoms with van der Waals surface area (Å²) in [7, 11) is 0. The molecule has 0 aliphatic rings. The highest BCUT2D eigenvalue weighted by Crippen LogP contribution is 2.28. The van der Waals surface area contributed by atoms with Gasteiger partial charge in [-0.05, 0) is 68.5 Å². The van der Waals surface area contributed by atoms with Gasteiger partial charge in [0.05, 0.1) is 0 Å². The van der Waals surface area contributed by atoms with Gasteiger partial charge in [0.2, 0.25) is 0 Å².